The van der Waals surface area contributed by atoms with Gasteiger partial charge in [-0.3, -0.25) is 10.1 Å². The number of methoxy groups -OCH3 is 1. The van der Waals surface area contributed by atoms with Gasteiger partial charge in [0.1, 0.15) is 5.75 Å². The van der Waals surface area contributed by atoms with Gasteiger partial charge in [-0.05, 0) is 18.5 Å². The van der Waals surface area contributed by atoms with Gasteiger partial charge in [0.15, 0.2) is 9.84 Å². The Kier molecular flexibility index (Phi) is 5.46. The molecule has 0 saturated carbocycles. The Labute approximate surface area is 117 Å². The zero-order valence-electron chi connectivity index (χ0n) is 11.4. The quantitative estimate of drug-likeness (QED) is 0.596. The molecule has 1 unspecified atom stereocenters. The van der Waals surface area contributed by atoms with Gasteiger partial charge >= 0.3 is 0 Å². The van der Waals surface area contributed by atoms with Gasteiger partial charge in [0, 0.05) is 17.7 Å². The first-order chi connectivity index (χ1) is 9.29. The number of nitro benzene ring substituents is 1. The van der Waals surface area contributed by atoms with Gasteiger partial charge in [-0.1, -0.05) is 6.92 Å². The number of nitrogens with two attached hydrogens (primary N) is 1. The molecule has 0 saturated heterocycles. The smallest absolute Gasteiger partial charge is 0.270 e. The van der Waals surface area contributed by atoms with Crippen LogP contribution in [0, 0.1) is 16.0 Å². The lowest BCUT2D eigenvalue weighted by Gasteiger charge is -2.11. The number of sulfone groups is 1. The van der Waals surface area contributed by atoms with Crippen molar-refractivity contribution in [2.45, 2.75) is 12.7 Å². The minimum absolute atomic E-state index is 0.0602. The van der Waals surface area contributed by atoms with E-state index in [1.165, 1.54) is 25.3 Å². The fourth-order valence-electron chi connectivity index (χ4n) is 1.79. The first kappa shape index (κ1) is 16.4. The highest BCUT2D eigenvalue weighted by Gasteiger charge is 2.20. The highest BCUT2D eigenvalue weighted by Crippen LogP contribution is 2.26. The Balaban J connectivity index is 3.06. The predicted molar refractivity (Wildman–Crippen MR) is 75.4 cm³/mol. The third kappa shape index (κ3) is 4.46. The Hall–Kier alpha value is -1.67. The van der Waals surface area contributed by atoms with Crippen molar-refractivity contribution in [3.8, 4) is 5.75 Å². The number of nitrogens with zero attached hydrogens (tertiary/aromatic N) is 1. The van der Waals surface area contributed by atoms with Crippen molar-refractivity contribution in [1.29, 1.82) is 0 Å². The van der Waals surface area contributed by atoms with Crippen LogP contribution in [0.15, 0.2) is 18.2 Å². The molecule has 20 heavy (non-hydrogen) atoms. The summed E-state index contributed by atoms with van der Waals surface area (Å²) in [5.41, 5.74) is 5.53. The summed E-state index contributed by atoms with van der Waals surface area (Å²) in [5.74, 6) is -0.207. The molecule has 0 radical (unpaired) electrons. The van der Waals surface area contributed by atoms with Gasteiger partial charge in [0.25, 0.3) is 5.69 Å². The van der Waals surface area contributed by atoms with Gasteiger partial charge in [-0.25, -0.2) is 8.42 Å². The van der Waals surface area contributed by atoms with E-state index in [2.05, 4.69) is 0 Å². The van der Waals surface area contributed by atoms with E-state index in [9.17, 15) is 18.5 Å². The molecule has 0 aliphatic rings. The Morgan fingerprint density at radius 1 is 1.45 bits per heavy atom. The highest BCUT2D eigenvalue weighted by atomic mass is 32.2. The number of rotatable bonds is 7. The monoisotopic (exact) mass is 302 g/mol. The van der Waals surface area contributed by atoms with Crippen LogP contribution in [0.5, 0.6) is 5.75 Å². The van der Waals surface area contributed by atoms with Crippen LogP contribution >= 0.6 is 0 Å². The minimum Gasteiger partial charge on any atom is -0.496 e. The van der Waals surface area contributed by atoms with Crippen molar-refractivity contribution < 1.29 is 18.1 Å². The summed E-state index contributed by atoms with van der Waals surface area (Å²) in [5, 5.41) is 10.7. The summed E-state index contributed by atoms with van der Waals surface area (Å²) in [6, 6.07) is 3.90. The fraction of sp³-hybridized carbons (Fsp3) is 0.500. The zero-order chi connectivity index (χ0) is 15.3. The molecule has 0 aromatic heterocycles. The zero-order valence-corrected chi connectivity index (χ0v) is 12.2. The van der Waals surface area contributed by atoms with Crippen LogP contribution in [-0.2, 0) is 15.6 Å². The van der Waals surface area contributed by atoms with E-state index in [0.717, 1.165) is 0 Å². The van der Waals surface area contributed by atoms with Crippen LogP contribution < -0.4 is 10.5 Å². The van der Waals surface area contributed by atoms with Crippen molar-refractivity contribution in [3.05, 3.63) is 33.9 Å². The number of nitro groups is 1. The third-order valence-corrected chi connectivity index (χ3v) is 4.62. The SMILES string of the molecule is COc1ccc([N+](=O)[O-])cc1CS(=O)(=O)CC(C)CN. The van der Waals surface area contributed by atoms with E-state index in [-0.39, 0.29) is 35.2 Å². The van der Waals surface area contributed by atoms with E-state index in [1.807, 2.05) is 0 Å². The molecule has 1 rings (SSSR count). The standard InChI is InChI=1S/C12H18N2O5S/c1-9(6-13)7-20(17,18)8-10-5-11(14(15)16)3-4-12(10)19-2/h3-5,9H,6-8,13H2,1-2H3. The predicted octanol–water partition coefficient (Wildman–Crippen LogP) is 1.11. The van der Waals surface area contributed by atoms with Gasteiger partial charge < -0.3 is 10.5 Å². The second-order valence-corrected chi connectivity index (χ2v) is 6.76. The maximum Gasteiger partial charge on any atom is 0.270 e. The summed E-state index contributed by atoms with van der Waals surface area (Å²) < 4.78 is 29.1. The van der Waals surface area contributed by atoms with Gasteiger partial charge in [0.2, 0.25) is 0 Å². The van der Waals surface area contributed by atoms with E-state index in [4.69, 9.17) is 10.5 Å². The normalized spacial score (nSPS) is 12.9. The summed E-state index contributed by atoms with van der Waals surface area (Å²) in [6.45, 7) is 2.01. The molecular weight excluding hydrogens is 284 g/mol. The largest absolute Gasteiger partial charge is 0.496 e. The molecule has 1 aromatic carbocycles. The van der Waals surface area contributed by atoms with Gasteiger partial charge in [-0.15, -0.1) is 0 Å². The van der Waals surface area contributed by atoms with Crippen LogP contribution in [-0.4, -0.2) is 32.7 Å². The van der Waals surface area contributed by atoms with E-state index in [0.29, 0.717) is 5.75 Å². The molecule has 0 bridgehead atoms. The summed E-state index contributed by atoms with van der Waals surface area (Å²) in [7, 11) is -2.01. The summed E-state index contributed by atoms with van der Waals surface area (Å²) in [6.07, 6.45) is 0. The number of ether oxygens (including phenoxy) is 1. The molecule has 0 heterocycles. The molecule has 2 N–H and O–H groups in total. The third-order valence-electron chi connectivity index (χ3n) is 2.79. The average Bonchev–Trinajstić information content (AvgIpc) is 2.37. The van der Waals surface area contributed by atoms with Crippen molar-refractivity contribution in [2.75, 3.05) is 19.4 Å². The fourth-order valence-corrected chi connectivity index (χ4v) is 3.61. The lowest BCUT2D eigenvalue weighted by molar-refractivity contribution is -0.384. The Bertz CT molecular complexity index is 586. The summed E-state index contributed by atoms with van der Waals surface area (Å²) >= 11 is 0. The molecule has 0 aliphatic heterocycles. The highest BCUT2D eigenvalue weighted by molar-refractivity contribution is 7.90. The number of hydrogen-bond acceptors (Lipinski definition) is 6. The van der Waals surface area contributed by atoms with Gasteiger partial charge in [0.05, 0.1) is 23.5 Å². The number of benzene rings is 1. The van der Waals surface area contributed by atoms with Crippen LogP contribution in [0.3, 0.4) is 0 Å². The molecule has 0 fully saturated rings. The van der Waals surface area contributed by atoms with Crippen LogP contribution in [0.2, 0.25) is 0 Å². The first-order valence-electron chi connectivity index (χ1n) is 6.01. The second kappa shape index (κ2) is 6.67. The lowest BCUT2D eigenvalue weighted by Crippen LogP contribution is -2.22. The molecule has 0 aliphatic carbocycles. The topological polar surface area (TPSA) is 113 Å². The Morgan fingerprint density at radius 3 is 2.60 bits per heavy atom. The molecular formula is C12H18N2O5S. The second-order valence-electron chi connectivity index (χ2n) is 4.65. The van der Waals surface area contributed by atoms with Crippen molar-refractivity contribution in [2.24, 2.45) is 11.7 Å². The molecule has 7 nitrogen and oxygen atoms in total. The van der Waals surface area contributed by atoms with Crippen molar-refractivity contribution >= 4 is 15.5 Å². The maximum absolute atomic E-state index is 12.0. The van der Waals surface area contributed by atoms with Crippen LogP contribution in [0.1, 0.15) is 12.5 Å². The van der Waals surface area contributed by atoms with E-state index >= 15 is 0 Å². The molecule has 8 heteroatoms. The van der Waals surface area contributed by atoms with Crippen LogP contribution in [0.4, 0.5) is 5.69 Å². The average molecular weight is 302 g/mol. The first-order valence-corrected chi connectivity index (χ1v) is 7.83. The van der Waals surface area contributed by atoms with Crippen molar-refractivity contribution in [1.82, 2.24) is 0 Å². The Morgan fingerprint density at radius 2 is 2.10 bits per heavy atom. The van der Waals surface area contributed by atoms with Crippen molar-refractivity contribution in [3.63, 3.8) is 0 Å². The molecule has 0 amide bonds. The lowest BCUT2D eigenvalue weighted by atomic mass is 10.2. The summed E-state index contributed by atoms with van der Waals surface area (Å²) in [4.78, 5) is 10.2. The van der Waals surface area contributed by atoms with Crippen LogP contribution in [0.25, 0.3) is 0 Å². The molecule has 1 atom stereocenters. The van der Waals surface area contributed by atoms with E-state index < -0.39 is 14.8 Å². The minimum atomic E-state index is -3.40. The number of non-ortho nitro benzene ring substituents is 1. The van der Waals surface area contributed by atoms with E-state index in [1.54, 1.807) is 6.92 Å². The van der Waals surface area contributed by atoms with Gasteiger partial charge in [-0.2, -0.15) is 0 Å². The molecule has 112 valence electrons. The molecule has 1 aromatic rings. The molecule has 0 spiro atoms. The maximum atomic E-state index is 12.0. The number of hydrogen-bond donors (Lipinski definition) is 1.